The average Bonchev–Trinajstić information content (AvgIpc) is 3.65. The van der Waals surface area contributed by atoms with Gasteiger partial charge < -0.3 is 8.82 Å². The molecule has 6 aromatic carbocycles. The Bertz CT molecular complexity index is 2390. The summed E-state index contributed by atoms with van der Waals surface area (Å²) in [6.07, 6.45) is 4.19. The topological polar surface area (TPSA) is 30.4 Å². The van der Waals surface area contributed by atoms with Crippen LogP contribution in [0.25, 0.3) is 82.6 Å². The van der Waals surface area contributed by atoms with Crippen molar-refractivity contribution in [2.24, 2.45) is 0 Å². The SMILES string of the molecule is c1cc(-c2c3ccccc3c(-c3cn4ccccc4n3)c3ccccc23)cc(-c2cccc3c2oc2ccccc23)c1. The predicted molar refractivity (Wildman–Crippen MR) is 174 cm³/mol. The Morgan fingerprint density at radius 1 is 0.500 bits per heavy atom. The molecule has 3 heteroatoms. The number of para-hydroxylation sites is 2. The van der Waals surface area contributed by atoms with Crippen molar-refractivity contribution in [1.82, 2.24) is 9.38 Å². The Morgan fingerprint density at radius 2 is 1.12 bits per heavy atom. The maximum atomic E-state index is 6.40. The highest BCUT2D eigenvalue weighted by Gasteiger charge is 2.19. The zero-order valence-electron chi connectivity index (χ0n) is 22.7. The first kappa shape index (κ1) is 23.1. The van der Waals surface area contributed by atoms with Crippen molar-refractivity contribution in [3.05, 3.63) is 146 Å². The molecule has 0 fully saturated rings. The molecule has 0 radical (unpaired) electrons. The van der Waals surface area contributed by atoms with E-state index < -0.39 is 0 Å². The number of hydrogen-bond acceptors (Lipinski definition) is 2. The Morgan fingerprint density at radius 3 is 1.88 bits per heavy atom. The maximum Gasteiger partial charge on any atom is 0.143 e. The Balaban J connectivity index is 1.32. The summed E-state index contributed by atoms with van der Waals surface area (Å²) in [5.41, 5.74) is 9.56. The standard InChI is InChI=1S/C39H24N2O/c1-3-16-31-29(14-1)37(30-15-2-4-17-32(30)38(31)34-24-41-22-8-7-21-36(41)40-34)26-12-9-11-25(23-26)27-18-10-19-33-28-13-5-6-20-35(28)42-39(27)33/h1-24H. The van der Waals surface area contributed by atoms with E-state index in [4.69, 9.17) is 9.40 Å². The van der Waals surface area contributed by atoms with E-state index in [9.17, 15) is 0 Å². The van der Waals surface area contributed by atoms with Crippen LogP contribution in [0.4, 0.5) is 0 Å². The van der Waals surface area contributed by atoms with E-state index in [1.165, 1.54) is 32.7 Å². The molecule has 0 N–H and O–H groups in total. The molecule has 196 valence electrons. The molecule has 0 saturated carbocycles. The van der Waals surface area contributed by atoms with Crippen LogP contribution in [0.15, 0.2) is 150 Å². The highest BCUT2D eigenvalue weighted by molar-refractivity contribution is 6.21. The first-order valence-corrected chi connectivity index (χ1v) is 14.2. The lowest BCUT2D eigenvalue weighted by molar-refractivity contribution is 0.670. The van der Waals surface area contributed by atoms with Gasteiger partial charge in [-0.25, -0.2) is 4.98 Å². The summed E-state index contributed by atoms with van der Waals surface area (Å²) in [4.78, 5) is 5.04. The minimum Gasteiger partial charge on any atom is -0.455 e. The van der Waals surface area contributed by atoms with Gasteiger partial charge in [0.05, 0.1) is 5.69 Å². The molecule has 0 aliphatic heterocycles. The van der Waals surface area contributed by atoms with Crippen LogP contribution in [0.3, 0.4) is 0 Å². The van der Waals surface area contributed by atoms with Crippen LogP contribution in [0.5, 0.6) is 0 Å². The van der Waals surface area contributed by atoms with Crippen LogP contribution >= 0.6 is 0 Å². The summed E-state index contributed by atoms with van der Waals surface area (Å²) in [7, 11) is 0. The second kappa shape index (κ2) is 8.92. The number of pyridine rings is 1. The minimum absolute atomic E-state index is 0.913. The van der Waals surface area contributed by atoms with Crippen LogP contribution in [-0.4, -0.2) is 9.38 Å². The number of nitrogens with zero attached hydrogens (tertiary/aromatic N) is 2. The molecule has 0 saturated heterocycles. The van der Waals surface area contributed by atoms with Crippen LogP contribution in [0, 0.1) is 0 Å². The zero-order chi connectivity index (χ0) is 27.6. The third kappa shape index (κ3) is 3.37. The molecule has 42 heavy (non-hydrogen) atoms. The van der Waals surface area contributed by atoms with Gasteiger partial charge in [0, 0.05) is 34.3 Å². The Hall–Kier alpha value is -5.67. The normalized spacial score (nSPS) is 11.8. The molecule has 3 aromatic heterocycles. The van der Waals surface area contributed by atoms with Crippen molar-refractivity contribution < 1.29 is 4.42 Å². The molecule has 3 nitrogen and oxygen atoms in total. The van der Waals surface area contributed by atoms with Crippen LogP contribution in [-0.2, 0) is 0 Å². The molecule has 0 aliphatic carbocycles. The number of hydrogen-bond donors (Lipinski definition) is 0. The first-order chi connectivity index (χ1) is 20.8. The van der Waals surface area contributed by atoms with Crippen LogP contribution < -0.4 is 0 Å². The lowest BCUT2D eigenvalue weighted by Crippen LogP contribution is -1.91. The van der Waals surface area contributed by atoms with Gasteiger partial charge in [0.1, 0.15) is 16.8 Å². The van der Waals surface area contributed by atoms with Crippen molar-refractivity contribution in [2.75, 3.05) is 0 Å². The van der Waals surface area contributed by atoms with Gasteiger partial charge in [0.15, 0.2) is 0 Å². The largest absolute Gasteiger partial charge is 0.455 e. The summed E-state index contributed by atoms with van der Waals surface area (Å²) in [6.45, 7) is 0. The fourth-order valence-electron chi connectivity index (χ4n) is 6.59. The van der Waals surface area contributed by atoms with Crippen molar-refractivity contribution in [1.29, 1.82) is 0 Å². The summed E-state index contributed by atoms with van der Waals surface area (Å²) < 4.78 is 8.50. The van der Waals surface area contributed by atoms with E-state index in [1.54, 1.807) is 0 Å². The molecule has 0 atom stereocenters. The maximum absolute atomic E-state index is 6.40. The summed E-state index contributed by atoms with van der Waals surface area (Å²) in [6, 6.07) is 47.1. The first-order valence-electron chi connectivity index (χ1n) is 14.2. The highest BCUT2D eigenvalue weighted by Crippen LogP contribution is 2.44. The Labute approximate surface area is 241 Å². The van der Waals surface area contributed by atoms with E-state index in [0.29, 0.717) is 0 Å². The number of rotatable bonds is 3. The molecular formula is C39H24N2O. The smallest absolute Gasteiger partial charge is 0.143 e. The molecule has 9 aromatic rings. The molecule has 0 bridgehead atoms. The number of imidazole rings is 1. The molecule has 3 heterocycles. The summed E-state index contributed by atoms with van der Waals surface area (Å²) >= 11 is 0. The van der Waals surface area contributed by atoms with E-state index in [1.807, 2.05) is 24.3 Å². The Kier molecular flexibility index (Phi) is 4.90. The van der Waals surface area contributed by atoms with E-state index in [0.717, 1.165) is 50.0 Å². The number of aromatic nitrogens is 2. The third-order valence-corrected chi connectivity index (χ3v) is 8.42. The fourth-order valence-corrected chi connectivity index (χ4v) is 6.59. The third-order valence-electron chi connectivity index (χ3n) is 8.42. The average molecular weight is 537 g/mol. The van der Waals surface area contributed by atoms with Crippen LogP contribution in [0.2, 0.25) is 0 Å². The van der Waals surface area contributed by atoms with Gasteiger partial charge in [0.25, 0.3) is 0 Å². The molecular weight excluding hydrogens is 512 g/mol. The summed E-state index contributed by atoms with van der Waals surface area (Å²) in [5.74, 6) is 0. The second-order valence-electron chi connectivity index (χ2n) is 10.8. The lowest BCUT2D eigenvalue weighted by atomic mass is 9.86. The van der Waals surface area contributed by atoms with Crippen molar-refractivity contribution in [3.8, 4) is 33.5 Å². The highest BCUT2D eigenvalue weighted by atomic mass is 16.3. The molecule has 0 amide bonds. The summed E-state index contributed by atoms with van der Waals surface area (Å²) in [5, 5.41) is 7.09. The number of fused-ring (bicyclic) bond motifs is 6. The van der Waals surface area contributed by atoms with Gasteiger partial charge in [-0.05, 0) is 62.5 Å². The number of benzene rings is 6. The minimum atomic E-state index is 0.913. The fraction of sp³-hybridized carbons (Fsp3) is 0. The van der Waals surface area contributed by atoms with Gasteiger partial charge in [-0.1, -0.05) is 109 Å². The van der Waals surface area contributed by atoms with Gasteiger partial charge in [-0.2, -0.15) is 0 Å². The number of furan rings is 1. The van der Waals surface area contributed by atoms with Crippen molar-refractivity contribution in [3.63, 3.8) is 0 Å². The predicted octanol–water partition coefficient (Wildman–Crippen LogP) is 10.5. The molecule has 9 rings (SSSR count). The van der Waals surface area contributed by atoms with Gasteiger partial charge in [-0.15, -0.1) is 0 Å². The second-order valence-corrected chi connectivity index (χ2v) is 10.8. The molecule has 0 spiro atoms. The van der Waals surface area contributed by atoms with Gasteiger partial charge in [-0.3, -0.25) is 0 Å². The zero-order valence-corrected chi connectivity index (χ0v) is 22.7. The van der Waals surface area contributed by atoms with Crippen LogP contribution in [0.1, 0.15) is 0 Å². The van der Waals surface area contributed by atoms with E-state index in [2.05, 4.69) is 126 Å². The van der Waals surface area contributed by atoms with Gasteiger partial charge in [0.2, 0.25) is 0 Å². The lowest BCUT2D eigenvalue weighted by Gasteiger charge is -2.17. The van der Waals surface area contributed by atoms with Crippen molar-refractivity contribution in [2.45, 2.75) is 0 Å². The van der Waals surface area contributed by atoms with E-state index in [-0.39, 0.29) is 0 Å². The monoisotopic (exact) mass is 536 g/mol. The van der Waals surface area contributed by atoms with Gasteiger partial charge >= 0.3 is 0 Å². The quantitative estimate of drug-likeness (QED) is 0.210. The molecule has 0 unspecified atom stereocenters. The van der Waals surface area contributed by atoms with E-state index >= 15 is 0 Å². The molecule has 0 aliphatic rings. The van der Waals surface area contributed by atoms with Crippen molar-refractivity contribution >= 4 is 49.1 Å².